The Morgan fingerprint density at radius 3 is 2.52 bits per heavy atom. The Morgan fingerprint density at radius 1 is 1.00 bits per heavy atom. The lowest BCUT2D eigenvalue weighted by Gasteiger charge is -2.24. The monoisotopic (exact) mass is 331 g/mol. The first-order valence-electron chi connectivity index (χ1n) is 9.23. The molecule has 1 nitrogen and oxygen atoms in total. The van der Waals surface area contributed by atoms with Crippen molar-refractivity contribution >= 4 is 16.5 Å². The van der Waals surface area contributed by atoms with Crippen LogP contribution in [-0.2, 0) is 5.41 Å². The van der Waals surface area contributed by atoms with E-state index in [4.69, 9.17) is 0 Å². The summed E-state index contributed by atoms with van der Waals surface area (Å²) in [6.07, 6.45) is 12.1. The first-order valence-corrected chi connectivity index (χ1v) is 9.23. The molecule has 0 saturated carbocycles. The molecule has 0 bridgehead atoms. The van der Waals surface area contributed by atoms with Gasteiger partial charge in [-0.05, 0) is 40.8 Å². The number of likely N-dealkylation sites (N-methyl/N-ethyl adjacent to an activating group) is 1. The molecule has 25 heavy (non-hydrogen) atoms. The summed E-state index contributed by atoms with van der Waals surface area (Å²) in [5, 5.41) is 2.68. The van der Waals surface area contributed by atoms with E-state index in [9.17, 15) is 0 Å². The van der Waals surface area contributed by atoms with Crippen LogP contribution in [0.15, 0.2) is 72.5 Å². The maximum Gasteiger partial charge on any atom is 0.0454 e. The maximum atomic E-state index is 2.34. The van der Waals surface area contributed by atoms with Crippen LogP contribution in [0.4, 0.5) is 5.69 Å². The van der Waals surface area contributed by atoms with Crippen molar-refractivity contribution in [3.05, 3.63) is 78.0 Å². The Morgan fingerprint density at radius 2 is 1.76 bits per heavy atom. The standard InChI is InChI=1S/C24H29N/c1-18(2)12-8-6-7-9-15-22-24(3,4)23-20-14-11-10-13-19(20)16-17-21(23)25(22)5/h6-11,13-18H,12H2,1-5H3/b8-6+,9-7+,22-15+. The van der Waals surface area contributed by atoms with Gasteiger partial charge in [0.05, 0.1) is 0 Å². The van der Waals surface area contributed by atoms with E-state index in [2.05, 4.69) is 106 Å². The highest BCUT2D eigenvalue weighted by Crippen LogP contribution is 2.49. The molecule has 0 N–H and O–H groups in total. The Bertz CT molecular complexity index is 850. The summed E-state index contributed by atoms with van der Waals surface area (Å²) >= 11 is 0. The van der Waals surface area contributed by atoms with E-state index in [1.165, 1.54) is 27.7 Å². The lowest BCUT2D eigenvalue weighted by Crippen LogP contribution is -2.22. The molecule has 0 atom stereocenters. The molecule has 1 aliphatic rings. The van der Waals surface area contributed by atoms with Crippen LogP contribution in [0, 0.1) is 5.92 Å². The molecular formula is C24H29N. The summed E-state index contributed by atoms with van der Waals surface area (Å²) in [5.41, 5.74) is 4.09. The summed E-state index contributed by atoms with van der Waals surface area (Å²) in [4.78, 5) is 2.34. The van der Waals surface area contributed by atoms with Crippen LogP contribution >= 0.6 is 0 Å². The van der Waals surface area contributed by atoms with Crippen LogP contribution in [-0.4, -0.2) is 7.05 Å². The molecule has 0 fully saturated rings. The van der Waals surface area contributed by atoms with Gasteiger partial charge in [0.2, 0.25) is 0 Å². The maximum absolute atomic E-state index is 2.34. The van der Waals surface area contributed by atoms with Gasteiger partial charge >= 0.3 is 0 Å². The quantitative estimate of drug-likeness (QED) is 0.570. The first-order chi connectivity index (χ1) is 11.9. The van der Waals surface area contributed by atoms with E-state index in [1.54, 1.807) is 0 Å². The second-order valence-corrected chi connectivity index (χ2v) is 7.86. The van der Waals surface area contributed by atoms with Crippen molar-refractivity contribution in [2.24, 2.45) is 5.92 Å². The average Bonchev–Trinajstić information content (AvgIpc) is 2.77. The van der Waals surface area contributed by atoms with Gasteiger partial charge in [0.25, 0.3) is 0 Å². The molecule has 0 amide bonds. The topological polar surface area (TPSA) is 3.24 Å². The minimum Gasteiger partial charge on any atom is -0.347 e. The third-order valence-electron chi connectivity index (χ3n) is 5.11. The number of anilines is 1. The Kier molecular flexibility index (Phi) is 4.85. The zero-order valence-corrected chi connectivity index (χ0v) is 16.1. The Labute approximate surface area is 152 Å². The molecule has 0 aromatic heterocycles. The van der Waals surface area contributed by atoms with E-state index in [0.29, 0.717) is 5.92 Å². The van der Waals surface area contributed by atoms with Gasteiger partial charge in [-0.15, -0.1) is 0 Å². The highest BCUT2D eigenvalue weighted by Gasteiger charge is 2.39. The van der Waals surface area contributed by atoms with Crippen molar-refractivity contribution in [2.75, 3.05) is 11.9 Å². The van der Waals surface area contributed by atoms with Gasteiger partial charge in [0.15, 0.2) is 0 Å². The predicted molar refractivity (Wildman–Crippen MR) is 111 cm³/mol. The van der Waals surface area contributed by atoms with Crippen molar-refractivity contribution in [3.8, 4) is 0 Å². The molecule has 0 aliphatic carbocycles. The van der Waals surface area contributed by atoms with Gasteiger partial charge in [-0.25, -0.2) is 0 Å². The highest BCUT2D eigenvalue weighted by molar-refractivity contribution is 5.94. The van der Waals surface area contributed by atoms with Crippen molar-refractivity contribution in [1.29, 1.82) is 0 Å². The molecule has 2 aromatic rings. The molecule has 2 aromatic carbocycles. The van der Waals surface area contributed by atoms with E-state index >= 15 is 0 Å². The fraction of sp³-hybridized carbons (Fsp3) is 0.333. The van der Waals surface area contributed by atoms with Gasteiger partial charge in [0, 0.05) is 23.8 Å². The van der Waals surface area contributed by atoms with Gasteiger partial charge in [-0.3, -0.25) is 0 Å². The van der Waals surface area contributed by atoms with E-state index < -0.39 is 0 Å². The van der Waals surface area contributed by atoms with Crippen molar-refractivity contribution < 1.29 is 0 Å². The summed E-state index contributed by atoms with van der Waals surface area (Å²) in [7, 11) is 2.18. The molecule has 0 unspecified atom stereocenters. The summed E-state index contributed by atoms with van der Waals surface area (Å²) in [6, 6.07) is 13.2. The molecule has 130 valence electrons. The van der Waals surface area contributed by atoms with Gasteiger partial charge in [-0.1, -0.05) is 82.3 Å². The molecule has 1 heteroatoms. The van der Waals surface area contributed by atoms with E-state index in [-0.39, 0.29) is 5.41 Å². The van der Waals surface area contributed by atoms with Crippen LogP contribution in [0.3, 0.4) is 0 Å². The summed E-state index contributed by atoms with van der Waals surface area (Å²) in [6.45, 7) is 9.15. The smallest absolute Gasteiger partial charge is 0.0454 e. The van der Waals surface area contributed by atoms with Crippen LogP contribution < -0.4 is 4.90 Å². The second kappa shape index (κ2) is 6.92. The number of allylic oxidation sites excluding steroid dienone is 6. The molecule has 0 saturated heterocycles. The number of rotatable bonds is 4. The summed E-state index contributed by atoms with van der Waals surface area (Å²) in [5.74, 6) is 0.714. The minimum absolute atomic E-state index is 0.00304. The lowest BCUT2D eigenvalue weighted by molar-refractivity contribution is 0.645. The number of hydrogen-bond acceptors (Lipinski definition) is 1. The number of benzene rings is 2. The minimum atomic E-state index is -0.00304. The first kappa shape index (κ1) is 17.5. The number of nitrogens with zero attached hydrogens (tertiary/aromatic N) is 1. The zero-order chi connectivity index (χ0) is 18.0. The third kappa shape index (κ3) is 3.28. The van der Waals surface area contributed by atoms with E-state index in [1.807, 2.05) is 0 Å². The fourth-order valence-electron chi connectivity index (χ4n) is 3.83. The molecular weight excluding hydrogens is 302 g/mol. The predicted octanol–water partition coefficient (Wildman–Crippen LogP) is 6.61. The van der Waals surface area contributed by atoms with Gasteiger partial charge in [0.1, 0.15) is 0 Å². The summed E-state index contributed by atoms with van der Waals surface area (Å²) < 4.78 is 0. The van der Waals surface area contributed by atoms with Crippen LogP contribution in [0.5, 0.6) is 0 Å². The molecule has 3 rings (SSSR count). The average molecular weight is 332 g/mol. The highest BCUT2D eigenvalue weighted by atomic mass is 15.2. The Balaban J connectivity index is 1.95. The van der Waals surface area contributed by atoms with Crippen molar-refractivity contribution in [3.63, 3.8) is 0 Å². The van der Waals surface area contributed by atoms with Crippen molar-refractivity contribution in [1.82, 2.24) is 0 Å². The zero-order valence-electron chi connectivity index (χ0n) is 16.1. The van der Waals surface area contributed by atoms with Crippen LogP contribution in [0.2, 0.25) is 0 Å². The molecule has 0 spiro atoms. The fourth-order valence-corrected chi connectivity index (χ4v) is 3.83. The second-order valence-electron chi connectivity index (χ2n) is 7.86. The van der Waals surface area contributed by atoms with E-state index in [0.717, 1.165) is 6.42 Å². The third-order valence-corrected chi connectivity index (χ3v) is 5.11. The lowest BCUT2D eigenvalue weighted by atomic mass is 9.81. The van der Waals surface area contributed by atoms with Gasteiger partial charge in [-0.2, -0.15) is 0 Å². The number of fused-ring (bicyclic) bond motifs is 3. The normalized spacial score (nSPS) is 18.3. The van der Waals surface area contributed by atoms with Crippen molar-refractivity contribution in [2.45, 2.75) is 39.5 Å². The largest absolute Gasteiger partial charge is 0.347 e. The molecule has 1 heterocycles. The SMILES string of the molecule is CC(C)C/C=C/C=C/C=C1/N(C)c2ccc3ccccc3c2C1(C)C. The molecule has 0 radical (unpaired) electrons. The van der Waals surface area contributed by atoms with Gasteiger partial charge < -0.3 is 4.90 Å². The Hall–Kier alpha value is -2.28. The van der Waals surface area contributed by atoms with Crippen LogP contribution in [0.25, 0.3) is 10.8 Å². The van der Waals surface area contributed by atoms with Crippen LogP contribution in [0.1, 0.15) is 39.7 Å². The number of hydrogen-bond donors (Lipinski definition) is 0. The molecule has 1 aliphatic heterocycles.